The Labute approximate surface area is 110 Å². The second kappa shape index (κ2) is 6.90. The lowest BCUT2D eigenvalue weighted by atomic mass is 10.0. The summed E-state index contributed by atoms with van der Waals surface area (Å²) in [5.74, 6) is 1.42. The fraction of sp³-hybridized carbons (Fsp3) is 0.786. The standard InChI is InChI=1S/C14H25N3O/c1-12(2)9-15-10-14-3-6-17(16-14)11-13-4-7-18-8-5-13/h3,6,12-13,15H,4-5,7-11H2,1-2H3. The van der Waals surface area contributed by atoms with E-state index in [2.05, 4.69) is 41.2 Å². The molecule has 1 aliphatic heterocycles. The lowest BCUT2D eigenvalue weighted by molar-refractivity contribution is 0.0601. The molecule has 1 aromatic rings. The topological polar surface area (TPSA) is 39.1 Å². The van der Waals surface area contributed by atoms with Gasteiger partial charge in [-0.2, -0.15) is 5.10 Å². The number of ether oxygens (including phenoxy) is 1. The van der Waals surface area contributed by atoms with Crippen LogP contribution >= 0.6 is 0 Å². The minimum atomic E-state index is 0.689. The molecule has 1 fully saturated rings. The maximum Gasteiger partial charge on any atom is 0.0762 e. The molecule has 2 rings (SSSR count). The van der Waals surface area contributed by atoms with Crippen molar-refractivity contribution in [1.29, 1.82) is 0 Å². The molecule has 4 nitrogen and oxygen atoms in total. The van der Waals surface area contributed by atoms with E-state index in [4.69, 9.17) is 4.74 Å². The van der Waals surface area contributed by atoms with Crippen molar-refractivity contribution in [2.24, 2.45) is 11.8 Å². The second-order valence-electron chi connectivity index (χ2n) is 5.61. The van der Waals surface area contributed by atoms with Crippen LogP contribution in [-0.2, 0) is 17.8 Å². The van der Waals surface area contributed by atoms with Crippen LogP contribution in [0.4, 0.5) is 0 Å². The molecule has 0 unspecified atom stereocenters. The predicted molar refractivity (Wildman–Crippen MR) is 72.3 cm³/mol. The third kappa shape index (κ3) is 4.42. The fourth-order valence-corrected chi connectivity index (χ4v) is 2.28. The van der Waals surface area contributed by atoms with Crippen molar-refractivity contribution in [3.8, 4) is 0 Å². The van der Waals surface area contributed by atoms with Crippen molar-refractivity contribution in [1.82, 2.24) is 15.1 Å². The lowest BCUT2D eigenvalue weighted by Gasteiger charge is -2.21. The zero-order valence-electron chi connectivity index (χ0n) is 11.6. The summed E-state index contributed by atoms with van der Waals surface area (Å²) < 4.78 is 7.46. The van der Waals surface area contributed by atoms with E-state index in [-0.39, 0.29) is 0 Å². The minimum absolute atomic E-state index is 0.689. The Morgan fingerprint density at radius 1 is 1.44 bits per heavy atom. The molecular formula is C14H25N3O. The predicted octanol–water partition coefficient (Wildman–Crippen LogP) is 2.06. The molecule has 2 heterocycles. The van der Waals surface area contributed by atoms with E-state index >= 15 is 0 Å². The number of aromatic nitrogens is 2. The number of rotatable bonds is 6. The first kappa shape index (κ1) is 13.6. The van der Waals surface area contributed by atoms with Crippen LogP contribution in [0.25, 0.3) is 0 Å². The third-order valence-corrected chi connectivity index (χ3v) is 3.34. The number of hydrogen-bond acceptors (Lipinski definition) is 3. The Bertz CT molecular complexity index is 343. The molecule has 1 aliphatic rings. The van der Waals surface area contributed by atoms with Gasteiger partial charge in [0.05, 0.1) is 5.69 Å². The van der Waals surface area contributed by atoms with Crippen LogP contribution in [0.1, 0.15) is 32.4 Å². The summed E-state index contributed by atoms with van der Waals surface area (Å²) in [5, 5.41) is 8.04. The highest BCUT2D eigenvalue weighted by Gasteiger charge is 2.14. The first-order valence-corrected chi connectivity index (χ1v) is 7.05. The molecule has 0 saturated carbocycles. The summed E-state index contributed by atoms with van der Waals surface area (Å²) in [6, 6.07) is 2.12. The van der Waals surface area contributed by atoms with E-state index < -0.39 is 0 Å². The van der Waals surface area contributed by atoms with Gasteiger partial charge in [-0.15, -0.1) is 0 Å². The van der Waals surface area contributed by atoms with Crippen molar-refractivity contribution >= 4 is 0 Å². The van der Waals surface area contributed by atoms with Gasteiger partial charge in [0.25, 0.3) is 0 Å². The normalized spacial score (nSPS) is 17.5. The number of hydrogen-bond donors (Lipinski definition) is 1. The summed E-state index contributed by atoms with van der Waals surface area (Å²) in [4.78, 5) is 0. The van der Waals surface area contributed by atoms with Crippen LogP contribution in [-0.4, -0.2) is 29.5 Å². The van der Waals surface area contributed by atoms with Gasteiger partial charge in [-0.25, -0.2) is 0 Å². The quantitative estimate of drug-likeness (QED) is 0.841. The Kier molecular flexibility index (Phi) is 5.20. The van der Waals surface area contributed by atoms with Crippen LogP contribution < -0.4 is 5.32 Å². The third-order valence-electron chi connectivity index (χ3n) is 3.34. The van der Waals surface area contributed by atoms with Gasteiger partial charge in [-0.3, -0.25) is 4.68 Å². The molecule has 0 aromatic carbocycles. The van der Waals surface area contributed by atoms with Gasteiger partial charge in [0.2, 0.25) is 0 Å². The zero-order chi connectivity index (χ0) is 12.8. The first-order valence-electron chi connectivity index (χ1n) is 7.05. The minimum Gasteiger partial charge on any atom is -0.381 e. The summed E-state index contributed by atoms with van der Waals surface area (Å²) >= 11 is 0. The van der Waals surface area contributed by atoms with Gasteiger partial charge in [-0.05, 0) is 37.3 Å². The highest BCUT2D eigenvalue weighted by molar-refractivity contribution is 4.98. The van der Waals surface area contributed by atoms with Crippen LogP contribution in [0, 0.1) is 11.8 Å². The lowest BCUT2D eigenvalue weighted by Crippen LogP contribution is -2.21. The molecule has 4 heteroatoms. The van der Waals surface area contributed by atoms with Gasteiger partial charge in [0, 0.05) is 32.5 Å². The Morgan fingerprint density at radius 3 is 2.94 bits per heavy atom. The maximum atomic E-state index is 5.38. The van der Waals surface area contributed by atoms with Crippen LogP contribution in [0.15, 0.2) is 12.3 Å². The number of nitrogens with one attached hydrogen (secondary N) is 1. The van der Waals surface area contributed by atoms with Crippen molar-refractivity contribution in [3.05, 3.63) is 18.0 Å². The van der Waals surface area contributed by atoms with Crippen LogP contribution in [0.2, 0.25) is 0 Å². The smallest absolute Gasteiger partial charge is 0.0762 e. The van der Waals surface area contributed by atoms with Gasteiger partial charge in [-0.1, -0.05) is 13.8 Å². The Hall–Kier alpha value is -0.870. The van der Waals surface area contributed by atoms with E-state index in [1.165, 1.54) is 12.8 Å². The van der Waals surface area contributed by atoms with Crippen LogP contribution in [0.5, 0.6) is 0 Å². The fourth-order valence-electron chi connectivity index (χ4n) is 2.28. The second-order valence-corrected chi connectivity index (χ2v) is 5.61. The van der Waals surface area contributed by atoms with Crippen LogP contribution in [0.3, 0.4) is 0 Å². The van der Waals surface area contributed by atoms with Crippen molar-refractivity contribution in [2.75, 3.05) is 19.8 Å². The molecule has 0 bridgehead atoms. The maximum absolute atomic E-state index is 5.38. The summed E-state index contributed by atoms with van der Waals surface area (Å²) in [5.41, 5.74) is 1.14. The summed E-state index contributed by atoms with van der Waals surface area (Å²) in [7, 11) is 0. The number of nitrogens with zero attached hydrogens (tertiary/aromatic N) is 2. The molecule has 0 radical (unpaired) electrons. The van der Waals surface area contributed by atoms with E-state index in [9.17, 15) is 0 Å². The zero-order valence-corrected chi connectivity index (χ0v) is 11.6. The molecular weight excluding hydrogens is 226 g/mol. The molecule has 18 heavy (non-hydrogen) atoms. The molecule has 0 aliphatic carbocycles. The molecule has 102 valence electrons. The molecule has 0 amide bonds. The van der Waals surface area contributed by atoms with Gasteiger partial charge in [0.15, 0.2) is 0 Å². The highest BCUT2D eigenvalue weighted by atomic mass is 16.5. The average molecular weight is 251 g/mol. The van der Waals surface area contributed by atoms with E-state index in [0.29, 0.717) is 5.92 Å². The van der Waals surface area contributed by atoms with Gasteiger partial charge >= 0.3 is 0 Å². The van der Waals surface area contributed by atoms with E-state index in [1.54, 1.807) is 0 Å². The molecule has 1 aromatic heterocycles. The van der Waals surface area contributed by atoms with Crippen molar-refractivity contribution < 1.29 is 4.74 Å². The Balaban J connectivity index is 1.74. The molecule has 0 spiro atoms. The van der Waals surface area contributed by atoms with Gasteiger partial charge in [0.1, 0.15) is 0 Å². The van der Waals surface area contributed by atoms with E-state index in [0.717, 1.165) is 44.5 Å². The first-order chi connectivity index (χ1) is 8.74. The largest absolute Gasteiger partial charge is 0.381 e. The monoisotopic (exact) mass is 251 g/mol. The molecule has 0 atom stereocenters. The van der Waals surface area contributed by atoms with Crippen molar-refractivity contribution in [3.63, 3.8) is 0 Å². The summed E-state index contributed by atoms with van der Waals surface area (Å²) in [6.07, 6.45) is 4.43. The SMILES string of the molecule is CC(C)CNCc1ccn(CC2CCOCC2)n1. The van der Waals surface area contributed by atoms with E-state index in [1.807, 2.05) is 0 Å². The van der Waals surface area contributed by atoms with Crippen molar-refractivity contribution in [2.45, 2.75) is 39.8 Å². The molecule has 1 N–H and O–H groups in total. The highest BCUT2D eigenvalue weighted by Crippen LogP contribution is 2.16. The van der Waals surface area contributed by atoms with Gasteiger partial charge < -0.3 is 10.1 Å². The summed E-state index contributed by atoms with van der Waals surface area (Å²) in [6.45, 7) is 9.22. The molecule has 1 saturated heterocycles. The average Bonchev–Trinajstić information content (AvgIpc) is 2.78. The Morgan fingerprint density at radius 2 is 2.22 bits per heavy atom.